The summed E-state index contributed by atoms with van der Waals surface area (Å²) in [5.41, 5.74) is 0. The zero-order chi connectivity index (χ0) is 6.27. The molecule has 2 saturated heterocycles. The van der Waals surface area contributed by atoms with E-state index in [0.717, 1.165) is 0 Å². The molecule has 0 saturated carbocycles. The van der Waals surface area contributed by atoms with Crippen LogP contribution in [-0.4, -0.2) is 36.6 Å². The summed E-state index contributed by atoms with van der Waals surface area (Å²) in [5.74, 6) is 0. The third kappa shape index (κ3) is 0.753. The average Bonchev–Trinajstić information content (AvgIpc) is 1.74. The van der Waals surface area contributed by atoms with Crippen LogP contribution in [0.1, 0.15) is 0 Å². The zero-order valence-corrected chi connectivity index (χ0v) is 4.82. The molecule has 9 heavy (non-hydrogen) atoms. The molecule has 0 aromatic rings. The van der Waals surface area contributed by atoms with Crippen LogP contribution < -0.4 is 0 Å². The molecule has 3 atom stereocenters. The fraction of sp³-hybridized carbons (Fsp3) is 1.00. The molecule has 1 N–H and O–H groups in total. The molecule has 4 nitrogen and oxygen atoms in total. The number of aliphatic hydroxyl groups is 1. The van der Waals surface area contributed by atoms with Crippen LogP contribution in [0.15, 0.2) is 0 Å². The van der Waals surface area contributed by atoms with E-state index in [1.165, 1.54) is 0 Å². The fourth-order valence-corrected chi connectivity index (χ4v) is 1.03. The van der Waals surface area contributed by atoms with Crippen molar-refractivity contribution in [2.75, 3.05) is 13.2 Å². The van der Waals surface area contributed by atoms with Gasteiger partial charge in [-0.05, 0) is 0 Å². The van der Waals surface area contributed by atoms with Crippen molar-refractivity contribution >= 4 is 0 Å². The molecule has 0 aliphatic carbocycles. The van der Waals surface area contributed by atoms with E-state index in [4.69, 9.17) is 9.84 Å². The predicted molar refractivity (Wildman–Crippen MR) is 26.6 cm³/mol. The minimum Gasteiger partial charge on any atom is -0.388 e. The van der Waals surface area contributed by atoms with Crippen molar-refractivity contribution in [3.63, 3.8) is 0 Å². The van der Waals surface area contributed by atoms with Crippen LogP contribution in [0.2, 0.25) is 0 Å². The molecule has 2 heterocycles. The van der Waals surface area contributed by atoms with Gasteiger partial charge < -0.3 is 9.84 Å². The molecule has 0 aromatic heterocycles. The van der Waals surface area contributed by atoms with E-state index in [1.807, 2.05) is 0 Å². The maximum absolute atomic E-state index is 9.07. The summed E-state index contributed by atoms with van der Waals surface area (Å²) >= 11 is 0. The molecule has 0 aromatic carbocycles. The summed E-state index contributed by atoms with van der Waals surface area (Å²) in [5, 5.41) is 9.07. The van der Waals surface area contributed by atoms with Crippen LogP contribution in [0.3, 0.4) is 0 Å². The highest BCUT2D eigenvalue weighted by molar-refractivity contribution is 4.84. The summed E-state index contributed by atoms with van der Waals surface area (Å²) < 4.78 is 4.96. The van der Waals surface area contributed by atoms with Crippen LogP contribution in [0, 0.1) is 0 Å². The van der Waals surface area contributed by atoms with E-state index in [0.29, 0.717) is 13.2 Å². The van der Waals surface area contributed by atoms with Crippen molar-refractivity contribution in [2.24, 2.45) is 0 Å². The molecular weight excluding hydrogens is 124 g/mol. The first kappa shape index (κ1) is 5.61. The van der Waals surface area contributed by atoms with Gasteiger partial charge in [-0.2, -0.15) is 0 Å². The Bertz CT molecular complexity index is 110. The van der Waals surface area contributed by atoms with Gasteiger partial charge in [-0.3, -0.25) is 0 Å². The second-order valence-corrected chi connectivity index (χ2v) is 2.30. The third-order valence-electron chi connectivity index (χ3n) is 1.61. The van der Waals surface area contributed by atoms with Gasteiger partial charge in [0.15, 0.2) is 6.10 Å². The molecule has 0 spiro atoms. The van der Waals surface area contributed by atoms with Gasteiger partial charge in [0.05, 0.1) is 13.2 Å². The van der Waals surface area contributed by atoms with Crippen molar-refractivity contribution in [1.82, 2.24) is 0 Å². The monoisotopic (exact) mass is 132 g/mol. The summed E-state index contributed by atoms with van der Waals surface area (Å²) in [6.07, 6.45) is -0.676. The second-order valence-electron chi connectivity index (χ2n) is 2.30. The molecule has 0 amide bonds. The van der Waals surface area contributed by atoms with Crippen LogP contribution in [0.25, 0.3) is 0 Å². The Labute approximate surface area is 52.3 Å². The Morgan fingerprint density at radius 2 is 2.11 bits per heavy atom. The normalized spacial score (nSPS) is 49.7. The smallest absolute Gasteiger partial charge is 0.152 e. The van der Waals surface area contributed by atoms with E-state index >= 15 is 0 Å². The minimum atomic E-state index is -0.502. The highest BCUT2D eigenvalue weighted by atomic mass is 17.3. The lowest BCUT2D eigenvalue weighted by Crippen LogP contribution is -2.57. The summed E-state index contributed by atoms with van der Waals surface area (Å²) in [6, 6.07) is 0. The lowest BCUT2D eigenvalue weighted by atomic mass is 10.1. The summed E-state index contributed by atoms with van der Waals surface area (Å²) in [4.78, 5) is 9.24. The van der Waals surface area contributed by atoms with Gasteiger partial charge in [0.1, 0.15) is 12.2 Å². The highest BCUT2D eigenvalue weighted by Gasteiger charge is 2.43. The molecule has 2 aliphatic heterocycles. The van der Waals surface area contributed by atoms with Crippen LogP contribution in [-0.2, 0) is 14.5 Å². The standard InChI is InChI=1S/C5H8O4/c6-3-1-7-2-4-5(3)9-8-4/h3-6H,1-2H2/t3-,4+,5?/m1/s1. The summed E-state index contributed by atoms with van der Waals surface area (Å²) in [7, 11) is 0. The molecular formula is C5H8O4. The molecule has 2 rings (SSSR count). The van der Waals surface area contributed by atoms with Gasteiger partial charge in [0.2, 0.25) is 0 Å². The highest BCUT2D eigenvalue weighted by Crippen LogP contribution is 2.24. The molecule has 4 heteroatoms. The van der Waals surface area contributed by atoms with E-state index in [1.54, 1.807) is 0 Å². The number of rotatable bonds is 0. The second kappa shape index (κ2) is 1.91. The topological polar surface area (TPSA) is 47.9 Å². The molecule has 0 radical (unpaired) electrons. The molecule has 1 unspecified atom stereocenters. The number of hydrogen-bond acceptors (Lipinski definition) is 4. The molecule has 52 valence electrons. The van der Waals surface area contributed by atoms with Crippen molar-refractivity contribution in [1.29, 1.82) is 0 Å². The van der Waals surface area contributed by atoms with Crippen molar-refractivity contribution in [3.05, 3.63) is 0 Å². The summed E-state index contributed by atoms with van der Waals surface area (Å²) in [6.45, 7) is 0.909. The van der Waals surface area contributed by atoms with Gasteiger partial charge in [-0.1, -0.05) is 0 Å². The molecule has 0 bridgehead atoms. The number of hydrogen-bond donors (Lipinski definition) is 1. The van der Waals surface area contributed by atoms with Gasteiger partial charge in [0, 0.05) is 0 Å². The Hall–Kier alpha value is -0.160. The maximum Gasteiger partial charge on any atom is 0.152 e. The predicted octanol–water partition coefficient (Wildman–Crippen LogP) is -0.924. The first-order valence-electron chi connectivity index (χ1n) is 2.96. The maximum atomic E-state index is 9.07. The zero-order valence-electron chi connectivity index (χ0n) is 4.82. The number of aliphatic hydroxyl groups excluding tert-OH is 1. The van der Waals surface area contributed by atoms with E-state index in [2.05, 4.69) is 9.78 Å². The Balaban J connectivity index is 1.98. The van der Waals surface area contributed by atoms with E-state index < -0.39 is 6.10 Å². The van der Waals surface area contributed by atoms with Crippen LogP contribution >= 0.6 is 0 Å². The van der Waals surface area contributed by atoms with Gasteiger partial charge >= 0.3 is 0 Å². The Kier molecular flexibility index (Phi) is 1.19. The van der Waals surface area contributed by atoms with E-state index in [-0.39, 0.29) is 12.2 Å². The third-order valence-corrected chi connectivity index (χ3v) is 1.61. The molecule has 2 fully saturated rings. The van der Waals surface area contributed by atoms with Crippen LogP contribution in [0.4, 0.5) is 0 Å². The van der Waals surface area contributed by atoms with Crippen molar-refractivity contribution in [2.45, 2.75) is 18.3 Å². The Morgan fingerprint density at radius 3 is 2.56 bits per heavy atom. The first-order chi connectivity index (χ1) is 4.38. The quantitative estimate of drug-likeness (QED) is 0.433. The lowest BCUT2D eigenvalue weighted by Gasteiger charge is -2.40. The van der Waals surface area contributed by atoms with Crippen LogP contribution in [0.5, 0.6) is 0 Å². The fourth-order valence-electron chi connectivity index (χ4n) is 1.03. The number of ether oxygens (including phenoxy) is 1. The average molecular weight is 132 g/mol. The molecule has 2 aliphatic rings. The largest absolute Gasteiger partial charge is 0.388 e. The minimum absolute atomic E-state index is 0.0336. The van der Waals surface area contributed by atoms with Crippen molar-refractivity contribution < 1.29 is 19.6 Å². The van der Waals surface area contributed by atoms with Gasteiger partial charge in [0.25, 0.3) is 0 Å². The van der Waals surface area contributed by atoms with E-state index in [9.17, 15) is 0 Å². The number of fused-ring (bicyclic) bond motifs is 1. The van der Waals surface area contributed by atoms with Gasteiger partial charge in [-0.15, -0.1) is 0 Å². The Morgan fingerprint density at radius 1 is 1.22 bits per heavy atom. The first-order valence-corrected chi connectivity index (χ1v) is 2.96. The lowest BCUT2D eigenvalue weighted by molar-refractivity contribution is -0.493. The van der Waals surface area contributed by atoms with Gasteiger partial charge in [-0.25, -0.2) is 9.78 Å². The SMILES string of the molecule is O[C@@H]1COC[C@@H]2OOC12. The van der Waals surface area contributed by atoms with Crippen molar-refractivity contribution in [3.8, 4) is 0 Å².